The first-order valence-electron chi connectivity index (χ1n) is 6.09. The maximum Gasteiger partial charge on any atom is 0.194 e. The van der Waals surface area contributed by atoms with Crippen LogP contribution in [0.15, 0.2) is 42.5 Å². The van der Waals surface area contributed by atoms with E-state index in [2.05, 4.69) is 5.32 Å². The minimum absolute atomic E-state index is 0.254. The third-order valence-corrected chi connectivity index (χ3v) is 2.80. The van der Waals surface area contributed by atoms with Crippen molar-refractivity contribution < 1.29 is 13.2 Å². The van der Waals surface area contributed by atoms with Crippen molar-refractivity contribution in [3.63, 3.8) is 0 Å². The molecule has 0 spiro atoms. The Morgan fingerprint density at radius 3 is 2.16 bits per heavy atom. The van der Waals surface area contributed by atoms with Gasteiger partial charge in [0.25, 0.3) is 0 Å². The summed E-state index contributed by atoms with van der Waals surface area (Å²) in [5.41, 5.74) is 1.46. The molecule has 0 bridgehead atoms. The lowest BCUT2D eigenvalue weighted by Crippen LogP contribution is -2.04. The SMILES string of the molecule is Fc1cc(NCCCc2ccccc2)cc(F)c1F. The smallest absolute Gasteiger partial charge is 0.194 e. The van der Waals surface area contributed by atoms with Gasteiger partial charge in [0, 0.05) is 24.4 Å². The molecule has 0 unspecified atom stereocenters. The summed E-state index contributed by atoms with van der Waals surface area (Å²) < 4.78 is 38.7. The molecule has 4 heteroatoms. The summed E-state index contributed by atoms with van der Waals surface area (Å²) in [5, 5.41) is 2.88. The van der Waals surface area contributed by atoms with E-state index in [1.165, 1.54) is 5.56 Å². The molecule has 0 radical (unpaired) electrons. The van der Waals surface area contributed by atoms with Gasteiger partial charge in [-0.1, -0.05) is 30.3 Å². The summed E-state index contributed by atoms with van der Waals surface area (Å²) in [6, 6.07) is 11.9. The summed E-state index contributed by atoms with van der Waals surface area (Å²) in [5.74, 6) is -3.79. The normalized spacial score (nSPS) is 10.5. The van der Waals surface area contributed by atoms with Crippen LogP contribution in [0.25, 0.3) is 0 Å². The molecule has 1 nitrogen and oxygen atoms in total. The number of aryl methyl sites for hydroxylation is 1. The van der Waals surface area contributed by atoms with E-state index in [-0.39, 0.29) is 5.69 Å². The highest BCUT2D eigenvalue weighted by Gasteiger charge is 2.09. The van der Waals surface area contributed by atoms with Gasteiger partial charge in [-0.15, -0.1) is 0 Å². The van der Waals surface area contributed by atoms with Gasteiger partial charge in [-0.25, -0.2) is 13.2 Å². The van der Waals surface area contributed by atoms with Crippen LogP contribution in [-0.2, 0) is 6.42 Å². The van der Waals surface area contributed by atoms with Crippen molar-refractivity contribution in [2.24, 2.45) is 0 Å². The summed E-state index contributed by atoms with van der Waals surface area (Å²) in [4.78, 5) is 0. The van der Waals surface area contributed by atoms with Crippen molar-refractivity contribution in [3.8, 4) is 0 Å². The third-order valence-electron chi connectivity index (χ3n) is 2.80. The highest BCUT2D eigenvalue weighted by atomic mass is 19.2. The largest absolute Gasteiger partial charge is 0.385 e. The first kappa shape index (κ1) is 13.5. The lowest BCUT2D eigenvalue weighted by molar-refractivity contribution is 0.447. The minimum Gasteiger partial charge on any atom is -0.385 e. The molecule has 0 aromatic heterocycles. The van der Waals surface area contributed by atoms with Crippen molar-refractivity contribution in [1.29, 1.82) is 0 Å². The molecule has 0 atom stereocenters. The van der Waals surface area contributed by atoms with Gasteiger partial charge in [0.1, 0.15) is 0 Å². The van der Waals surface area contributed by atoms with Crippen LogP contribution < -0.4 is 5.32 Å². The Bertz CT molecular complexity index is 517. The number of benzene rings is 2. The van der Waals surface area contributed by atoms with Crippen LogP contribution in [0.5, 0.6) is 0 Å². The molecule has 0 fully saturated rings. The standard InChI is InChI=1S/C15H14F3N/c16-13-9-12(10-14(17)15(13)18)19-8-4-7-11-5-2-1-3-6-11/h1-3,5-6,9-10,19H,4,7-8H2. The van der Waals surface area contributed by atoms with Crippen molar-refractivity contribution >= 4 is 5.69 Å². The van der Waals surface area contributed by atoms with E-state index < -0.39 is 17.5 Å². The molecule has 0 heterocycles. The predicted octanol–water partition coefficient (Wildman–Crippen LogP) is 4.15. The molecular formula is C15H14F3N. The number of nitrogens with one attached hydrogen (secondary N) is 1. The Labute approximate surface area is 110 Å². The molecule has 0 aliphatic carbocycles. The van der Waals surface area contributed by atoms with Gasteiger partial charge in [-0.2, -0.15) is 0 Å². The maximum absolute atomic E-state index is 13.0. The summed E-state index contributed by atoms with van der Waals surface area (Å²) >= 11 is 0. The molecule has 19 heavy (non-hydrogen) atoms. The summed E-state index contributed by atoms with van der Waals surface area (Å²) in [6.45, 7) is 0.569. The zero-order valence-corrected chi connectivity index (χ0v) is 10.3. The average molecular weight is 265 g/mol. The van der Waals surface area contributed by atoms with E-state index in [0.717, 1.165) is 25.0 Å². The molecule has 2 rings (SSSR count). The van der Waals surface area contributed by atoms with Gasteiger partial charge in [-0.3, -0.25) is 0 Å². The summed E-state index contributed by atoms with van der Waals surface area (Å²) in [6.07, 6.45) is 1.70. The van der Waals surface area contributed by atoms with Gasteiger partial charge in [-0.05, 0) is 18.4 Å². The second-order valence-electron chi connectivity index (χ2n) is 4.27. The molecule has 0 aliphatic rings. The van der Waals surface area contributed by atoms with Gasteiger partial charge >= 0.3 is 0 Å². The second kappa shape index (κ2) is 6.27. The molecule has 1 N–H and O–H groups in total. The van der Waals surface area contributed by atoms with Crippen molar-refractivity contribution in [1.82, 2.24) is 0 Å². The van der Waals surface area contributed by atoms with Crippen molar-refractivity contribution in [2.45, 2.75) is 12.8 Å². The Morgan fingerprint density at radius 2 is 1.53 bits per heavy atom. The van der Waals surface area contributed by atoms with E-state index in [9.17, 15) is 13.2 Å². The molecule has 100 valence electrons. The number of hydrogen-bond acceptors (Lipinski definition) is 1. The van der Waals surface area contributed by atoms with Crippen LogP contribution in [0.2, 0.25) is 0 Å². The third kappa shape index (κ3) is 3.74. The van der Waals surface area contributed by atoms with E-state index >= 15 is 0 Å². The molecule has 0 amide bonds. The zero-order chi connectivity index (χ0) is 13.7. The molecule has 0 saturated heterocycles. The molecule has 2 aromatic rings. The van der Waals surface area contributed by atoms with Crippen LogP contribution >= 0.6 is 0 Å². The monoisotopic (exact) mass is 265 g/mol. The Morgan fingerprint density at radius 1 is 0.895 bits per heavy atom. The summed E-state index contributed by atoms with van der Waals surface area (Å²) in [7, 11) is 0. The fourth-order valence-electron chi connectivity index (χ4n) is 1.83. The van der Waals surface area contributed by atoms with E-state index in [0.29, 0.717) is 6.54 Å². The molecule has 0 saturated carbocycles. The Balaban J connectivity index is 1.83. The van der Waals surface area contributed by atoms with Crippen LogP contribution in [0, 0.1) is 17.5 Å². The van der Waals surface area contributed by atoms with E-state index in [1.807, 2.05) is 30.3 Å². The first-order valence-corrected chi connectivity index (χ1v) is 6.09. The number of halogens is 3. The van der Waals surface area contributed by atoms with Crippen LogP contribution in [0.3, 0.4) is 0 Å². The topological polar surface area (TPSA) is 12.0 Å². The lowest BCUT2D eigenvalue weighted by Gasteiger charge is -2.07. The van der Waals surface area contributed by atoms with Crippen LogP contribution in [0.1, 0.15) is 12.0 Å². The van der Waals surface area contributed by atoms with Crippen molar-refractivity contribution in [3.05, 3.63) is 65.5 Å². The highest BCUT2D eigenvalue weighted by molar-refractivity contribution is 5.44. The first-order chi connectivity index (χ1) is 9.16. The van der Waals surface area contributed by atoms with E-state index in [1.54, 1.807) is 0 Å². The zero-order valence-electron chi connectivity index (χ0n) is 10.3. The van der Waals surface area contributed by atoms with Gasteiger partial charge in [0.05, 0.1) is 0 Å². The number of anilines is 1. The maximum atomic E-state index is 13.0. The lowest BCUT2D eigenvalue weighted by atomic mass is 10.1. The van der Waals surface area contributed by atoms with Gasteiger partial charge in [0.15, 0.2) is 17.5 Å². The number of hydrogen-bond donors (Lipinski definition) is 1. The quantitative estimate of drug-likeness (QED) is 0.632. The fraction of sp³-hybridized carbons (Fsp3) is 0.200. The highest BCUT2D eigenvalue weighted by Crippen LogP contribution is 2.17. The fourth-order valence-corrected chi connectivity index (χ4v) is 1.83. The van der Waals surface area contributed by atoms with Crippen LogP contribution in [0.4, 0.5) is 18.9 Å². The minimum atomic E-state index is -1.44. The molecular weight excluding hydrogens is 251 g/mol. The molecule has 0 aliphatic heterocycles. The van der Waals surface area contributed by atoms with Crippen LogP contribution in [-0.4, -0.2) is 6.54 Å². The molecule has 2 aromatic carbocycles. The van der Waals surface area contributed by atoms with Crippen molar-refractivity contribution in [2.75, 3.05) is 11.9 Å². The number of rotatable bonds is 5. The van der Waals surface area contributed by atoms with E-state index in [4.69, 9.17) is 0 Å². The van der Waals surface area contributed by atoms with Gasteiger partial charge in [0.2, 0.25) is 0 Å². The van der Waals surface area contributed by atoms with Gasteiger partial charge < -0.3 is 5.32 Å². The average Bonchev–Trinajstić information content (AvgIpc) is 2.42. The predicted molar refractivity (Wildman–Crippen MR) is 69.6 cm³/mol. The second-order valence-corrected chi connectivity index (χ2v) is 4.27. The Hall–Kier alpha value is -1.97. The Kier molecular flexibility index (Phi) is 4.44.